The van der Waals surface area contributed by atoms with Crippen LogP contribution in [0.3, 0.4) is 0 Å². The highest BCUT2D eigenvalue weighted by Gasteiger charge is 2.39. The highest BCUT2D eigenvalue weighted by molar-refractivity contribution is 6.10. The van der Waals surface area contributed by atoms with Gasteiger partial charge in [0.2, 0.25) is 0 Å². The van der Waals surface area contributed by atoms with Crippen molar-refractivity contribution in [1.82, 2.24) is 0 Å². The van der Waals surface area contributed by atoms with E-state index >= 15 is 0 Å². The molecule has 0 saturated carbocycles. The van der Waals surface area contributed by atoms with Crippen LogP contribution in [0.1, 0.15) is 36.0 Å². The van der Waals surface area contributed by atoms with Crippen LogP contribution >= 0.6 is 0 Å². The first kappa shape index (κ1) is 20.6. The highest BCUT2D eigenvalue weighted by Crippen LogP contribution is 2.42. The van der Waals surface area contributed by atoms with E-state index in [1.807, 2.05) is 49.4 Å². The predicted molar refractivity (Wildman–Crippen MR) is 111 cm³/mol. The van der Waals surface area contributed by atoms with Crippen molar-refractivity contribution in [3.8, 4) is 11.5 Å². The number of benzene rings is 2. The summed E-state index contributed by atoms with van der Waals surface area (Å²) in [6.07, 6.45) is 2.11. The zero-order valence-corrected chi connectivity index (χ0v) is 17.2. The lowest BCUT2D eigenvalue weighted by Gasteiger charge is -2.29. The maximum atomic E-state index is 13.0. The Balaban J connectivity index is 2.03. The fourth-order valence-electron chi connectivity index (χ4n) is 3.75. The molecule has 0 heterocycles. The second-order valence-electron chi connectivity index (χ2n) is 7.09. The van der Waals surface area contributed by atoms with Crippen LogP contribution in [0.15, 0.2) is 48.5 Å². The minimum absolute atomic E-state index is 0.231. The highest BCUT2D eigenvalue weighted by atomic mass is 16.5. The number of esters is 1. The summed E-state index contributed by atoms with van der Waals surface area (Å²) in [5, 5.41) is 0. The number of carbonyl (C=O) groups excluding carboxylic acids is 2. The third kappa shape index (κ3) is 4.34. The smallest absolute Gasteiger partial charge is 0.317 e. The first-order valence-corrected chi connectivity index (χ1v) is 9.68. The average molecular weight is 394 g/mol. The number of ether oxygens (including phenoxy) is 3. The molecule has 29 heavy (non-hydrogen) atoms. The van der Waals surface area contributed by atoms with E-state index in [0.717, 1.165) is 22.3 Å². The molecular weight excluding hydrogens is 368 g/mol. The van der Waals surface area contributed by atoms with E-state index in [9.17, 15) is 9.59 Å². The molecule has 0 saturated heterocycles. The van der Waals surface area contributed by atoms with Crippen molar-refractivity contribution >= 4 is 17.3 Å². The van der Waals surface area contributed by atoms with E-state index in [1.165, 1.54) is 0 Å². The fourth-order valence-corrected chi connectivity index (χ4v) is 3.75. The Kier molecular flexibility index (Phi) is 6.37. The molecule has 0 aliphatic heterocycles. The third-order valence-electron chi connectivity index (χ3n) is 5.27. The Labute approximate surface area is 171 Å². The molecule has 0 unspecified atom stereocenters. The predicted octanol–water partition coefficient (Wildman–Crippen LogP) is 4.33. The monoisotopic (exact) mass is 394 g/mol. The molecule has 0 fully saturated rings. The summed E-state index contributed by atoms with van der Waals surface area (Å²) in [5.41, 5.74) is 3.81. The van der Waals surface area contributed by atoms with Gasteiger partial charge < -0.3 is 14.2 Å². The van der Waals surface area contributed by atoms with E-state index in [4.69, 9.17) is 14.2 Å². The molecule has 5 heteroatoms. The summed E-state index contributed by atoms with van der Waals surface area (Å²) in [4.78, 5) is 25.6. The number of rotatable bonds is 6. The van der Waals surface area contributed by atoms with Crippen molar-refractivity contribution in [1.29, 1.82) is 0 Å². The van der Waals surface area contributed by atoms with Gasteiger partial charge in [0.25, 0.3) is 0 Å². The molecule has 0 radical (unpaired) electrons. The van der Waals surface area contributed by atoms with Crippen LogP contribution in [0.2, 0.25) is 0 Å². The first-order chi connectivity index (χ1) is 14.0. The molecule has 2 aromatic rings. The van der Waals surface area contributed by atoms with Gasteiger partial charge in [-0.3, -0.25) is 9.59 Å². The van der Waals surface area contributed by atoms with Crippen LogP contribution in [0.4, 0.5) is 0 Å². The van der Waals surface area contributed by atoms with Gasteiger partial charge in [0.05, 0.1) is 20.8 Å². The number of aryl methyl sites for hydroxylation is 1. The second kappa shape index (κ2) is 8.95. The zero-order chi connectivity index (χ0) is 21.0. The number of allylic oxidation sites excluding steroid dienone is 2. The molecule has 0 N–H and O–H groups in total. The number of ketones is 1. The average Bonchev–Trinajstić information content (AvgIpc) is 2.73. The summed E-state index contributed by atoms with van der Waals surface area (Å²) in [6.45, 7) is 4.00. The molecule has 0 bridgehead atoms. The Morgan fingerprint density at radius 1 is 1.03 bits per heavy atom. The van der Waals surface area contributed by atoms with Gasteiger partial charge in [-0.25, -0.2) is 0 Å². The van der Waals surface area contributed by atoms with Gasteiger partial charge in [-0.2, -0.15) is 0 Å². The number of methoxy groups -OCH3 is 2. The van der Waals surface area contributed by atoms with Gasteiger partial charge in [0, 0.05) is 5.92 Å². The van der Waals surface area contributed by atoms with Gasteiger partial charge in [-0.1, -0.05) is 35.9 Å². The molecule has 0 aromatic heterocycles. The largest absolute Gasteiger partial charge is 0.493 e. The van der Waals surface area contributed by atoms with Gasteiger partial charge >= 0.3 is 5.97 Å². The fraction of sp³-hybridized carbons (Fsp3) is 0.333. The Morgan fingerprint density at radius 3 is 2.34 bits per heavy atom. The van der Waals surface area contributed by atoms with Crippen LogP contribution in [0, 0.1) is 12.8 Å². The van der Waals surface area contributed by atoms with Crippen LogP contribution in [-0.4, -0.2) is 32.6 Å². The maximum absolute atomic E-state index is 13.0. The minimum atomic E-state index is -0.832. The standard InChI is InChI=1S/C24H26O5/c1-5-29-24(26)23-19(16-8-6-15(2)7-9-16)12-18(13-20(23)25)17-10-11-21(27-3)22(14-17)28-4/h6-11,13-14,19,23H,5,12H2,1-4H3/t19-,23+/m0/s1. The van der Waals surface area contributed by atoms with Crippen molar-refractivity contribution < 1.29 is 23.8 Å². The molecular formula is C24H26O5. The lowest BCUT2D eigenvalue weighted by atomic mass is 9.73. The van der Waals surface area contributed by atoms with E-state index in [1.54, 1.807) is 27.2 Å². The summed E-state index contributed by atoms with van der Waals surface area (Å²) in [5.74, 6) is -0.594. The van der Waals surface area contributed by atoms with Crippen LogP contribution in [0.5, 0.6) is 11.5 Å². The summed E-state index contributed by atoms with van der Waals surface area (Å²) < 4.78 is 15.9. The normalized spacial score (nSPS) is 18.8. The van der Waals surface area contributed by atoms with Gasteiger partial charge in [-0.05, 0) is 55.2 Å². The Hall–Kier alpha value is -3.08. The lowest BCUT2D eigenvalue weighted by molar-refractivity contribution is -0.151. The maximum Gasteiger partial charge on any atom is 0.317 e. The lowest BCUT2D eigenvalue weighted by Crippen LogP contribution is -2.34. The zero-order valence-electron chi connectivity index (χ0n) is 17.2. The van der Waals surface area contributed by atoms with E-state index in [0.29, 0.717) is 17.9 Å². The van der Waals surface area contributed by atoms with Gasteiger partial charge in [0.1, 0.15) is 5.92 Å². The SMILES string of the molecule is CCOC(=O)[C@H]1C(=O)C=C(c2ccc(OC)c(OC)c2)C[C@H]1c1ccc(C)cc1. The van der Waals surface area contributed by atoms with Crippen molar-refractivity contribution in [3.63, 3.8) is 0 Å². The van der Waals surface area contributed by atoms with Crippen molar-refractivity contribution in [2.24, 2.45) is 5.92 Å². The molecule has 2 aromatic carbocycles. The van der Waals surface area contributed by atoms with Gasteiger partial charge in [0.15, 0.2) is 17.3 Å². The van der Waals surface area contributed by atoms with Crippen molar-refractivity contribution in [3.05, 3.63) is 65.2 Å². The van der Waals surface area contributed by atoms with Crippen LogP contribution in [0.25, 0.3) is 5.57 Å². The first-order valence-electron chi connectivity index (χ1n) is 9.68. The van der Waals surface area contributed by atoms with E-state index < -0.39 is 11.9 Å². The van der Waals surface area contributed by atoms with Crippen LogP contribution in [-0.2, 0) is 14.3 Å². The molecule has 5 nitrogen and oxygen atoms in total. The Morgan fingerprint density at radius 2 is 1.72 bits per heavy atom. The molecule has 0 amide bonds. The topological polar surface area (TPSA) is 61.8 Å². The summed E-state index contributed by atoms with van der Waals surface area (Å²) >= 11 is 0. The third-order valence-corrected chi connectivity index (χ3v) is 5.27. The summed E-state index contributed by atoms with van der Waals surface area (Å²) in [7, 11) is 3.16. The molecule has 0 spiro atoms. The number of carbonyl (C=O) groups is 2. The number of hydrogen-bond donors (Lipinski definition) is 0. The minimum Gasteiger partial charge on any atom is -0.493 e. The van der Waals surface area contributed by atoms with E-state index in [-0.39, 0.29) is 18.3 Å². The van der Waals surface area contributed by atoms with Crippen molar-refractivity contribution in [2.45, 2.75) is 26.2 Å². The van der Waals surface area contributed by atoms with E-state index in [2.05, 4.69) is 0 Å². The molecule has 1 aliphatic rings. The molecule has 2 atom stereocenters. The Bertz CT molecular complexity index is 927. The van der Waals surface area contributed by atoms with Crippen LogP contribution < -0.4 is 9.47 Å². The van der Waals surface area contributed by atoms with Crippen molar-refractivity contribution in [2.75, 3.05) is 20.8 Å². The quantitative estimate of drug-likeness (QED) is 0.539. The molecule has 1 aliphatic carbocycles. The second-order valence-corrected chi connectivity index (χ2v) is 7.09. The van der Waals surface area contributed by atoms with Gasteiger partial charge in [-0.15, -0.1) is 0 Å². The summed E-state index contributed by atoms with van der Waals surface area (Å²) in [6, 6.07) is 13.5. The molecule has 3 rings (SSSR count). The number of hydrogen-bond acceptors (Lipinski definition) is 5. The molecule has 152 valence electrons.